The molecule has 76 valence electrons. The molecule has 0 bridgehead atoms. The Morgan fingerprint density at radius 3 is 2.79 bits per heavy atom. The first-order valence-electron chi connectivity index (χ1n) is 5.10. The average Bonchev–Trinajstić information content (AvgIpc) is 3.05. The lowest BCUT2D eigenvalue weighted by Gasteiger charge is -2.14. The van der Waals surface area contributed by atoms with Crippen molar-refractivity contribution in [1.29, 1.82) is 0 Å². The number of hydrogen-bond acceptors (Lipinski definition) is 3. The van der Waals surface area contributed by atoms with Gasteiger partial charge in [0, 0.05) is 29.1 Å². The summed E-state index contributed by atoms with van der Waals surface area (Å²) in [4.78, 5) is 5.33. The molecule has 1 heterocycles. The topological polar surface area (TPSA) is 24.9 Å². The van der Waals surface area contributed by atoms with Crippen LogP contribution in [-0.2, 0) is 0 Å². The summed E-state index contributed by atoms with van der Waals surface area (Å²) in [5.41, 5.74) is 0. The lowest BCUT2D eigenvalue weighted by Crippen LogP contribution is -2.29. The van der Waals surface area contributed by atoms with Gasteiger partial charge in [-0.15, -0.1) is 11.8 Å². The second kappa shape index (κ2) is 4.80. The molecule has 2 rings (SSSR count). The monoisotopic (exact) mass is 208 g/mol. The molecule has 0 aromatic carbocycles. The Labute approximate surface area is 89.5 Å². The zero-order valence-corrected chi connectivity index (χ0v) is 9.26. The average molecular weight is 208 g/mol. The summed E-state index contributed by atoms with van der Waals surface area (Å²) in [5.74, 6) is 2.10. The van der Waals surface area contributed by atoms with Crippen LogP contribution in [0.25, 0.3) is 0 Å². The van der Waals surface area contributed by atoms with Gasteiger partial charge in [-0.1, -0.05) is 0 Å². The second-order valence-electron chi connectivity index (χ2n) is 3.73. The van der Waals surface area contributed by atoms with E-state index in [1.165, 1.54) is 23.5 Å². The summed E-state index contributed by atoms with van der Waals surface area (Å²) in [7, 11) is 2.07. The molecule has 0 radical (unpaired) electrons. The van der Waals surface area contributed by atoms with Crippen LogP contribution in [0.2, 0.25) is 0 Å². The first-order valence-corrected chi connectivity index (χ1v) is 6.09. The molecular formula is C11H16N2S. The Morgan fingerprint density at radius 2 is 2.21 bits per heavy atom. The van der Waals surface area contributed by atoms with E-state index >= 15 is 0 Å². The van der Waals surface area contributed by atoms with E-state index in [-0.39, 0.29) is 0 Å². The van der Waals surface area contributed by atoms with Gasteiger partial charge in [0.2, 0.25) is 0 Å². The fourth-order valence-corrected chi connectivity index (χ4v) is 2.70. The summed E-state index contributed by atoms with van der Waals surface area (Å²) >= 11 is 1.92. The normalized spacial score (nSPS) is 18.1. The largest absolute Gasteiger partial charge is 0.316 e. The fraction of sp³-hybridized carbons (Fsp3) is 0.545. The molecule has 1 saturated carbocycles. The molecule has 1 unspecified atom stereocenters. The third-order valence-corrected chi connectivity index (χ3v) is 3.77. The fourth-order valence-electron chi connectivity index (χ4n) is 1.57. The number of thioether (sulfide) groups is 1. The molecule has 1 atom stereocenters. The number of pyridine rings is 1. The Morgan fingerprint density at radius 1 is 1.50 bits per heavy atom. The molecule has 0 spiro atoms. The van der Waals surface area contributed by atoms with Crippen LogP contribution in [0.1, 0.15) is 12.8 Å². The van der Waals surface area contributed by atoms with Gasteiger partial charge in [-0.2, -0.15) is 0 Å². The summed E-state index contributed by atoms with van der Waals surface area (Å²) in [5, 5.41) is 3.40. The highest BCUT2D eigenvalue weighted by Gasteiger charge is 2.29. The SMILES string of the molecule is CNC(CSc1ccncc1)C1CC1. The van der Waals surface area contributed by atoms with Crippen LogP contribution in [0.15, 0.2) is 29.4 Å². The van der Waals surface area contributed by atoms with Gasteiger partial charge in [-0.25, -0.2) is 0 Å². The third-order valence-electron chi connectivity index (χ3n) is 2.64. The smallest absolute Gasteiger partial charge is 0.0278 e. The molecule has 1 aliphatic carbocycles. The molecule has 0 saturated heterocycles. The van der Waals surface area contributed by atoms with Gasteiger partial charge in [0.15, 0.2) is 0 Å². The maximum Gasteiger partial charge on any atom is 0.0278 e. The number of hydrogen-bond donors (Lipinski definition) is 1. The van der Waals surface area contributed by atoms with Crippen molar-refractivity contribution in [2.24, 2.45) is 5.92 Å². The van der Waals surface area contributed by atoms with Gasteiger partial charge in [-0.3, -0.25) is 4.98 Å². The van der Waals surface area contributed by atoms with Crippen molar-refractivity contribution in [3.8, 4) is 0 Å². The predicted molar refractivity (Wildman–Crippen MR) is 60.5 cm³/mol. The Balaban J connectivity index is 1.81. The molecule has 1 N–H and O–H groups in total. The first kappa shape index (κ1) is 9.99. The van der Waals surface area contributed by atoms with Crippen LogP contribution in [0.5, 0.6) is 0 Å². The van der Waals surface area contributed by atoms with Gasteiger partial charge in [0.25, 0.3) is 0 Å². The van der Waals surface area contributed by atoms with E-state index < -0.39 is 0 Å². The summed E-state index contributed by atoms with van der Waals surface area (Å²) in [6.07, 6.45) is 6.52. The highest BCUT2D eigenvalue weighted by Crippen LogP contribution is 2.34. The highest BCUT2D eigenvalue weighted by atomic mass is 32.2. The van der Waals surface area contributed by atoms with E-state index in [9.17, 15) is 0 Å². The van der Waals surface area contributed by atoms with Crippen molar-refractivity contribution >= 4 is 11.8 Å². The molecule has 1 aromatic heterocycles. The minimum absolute atomic E-state index is 0.688. The van der Waals surface area contributed by atoms with Crippen molar-refractivity contribution < 1.29 is 0 Å². The molecule has 1 aliphatic rings. The van der Waals surface area contributed by atoms with Crippen molar-refractivity contribution in [3.05, 3.63) is 24.5 Å². The van der Waals surface area contributed by atoms with Crippen LogP contribution in [-0.4, -0.2) is 23.8 Å². The molecule has 3 heteroatoms. The third kappa shape index (κ3) is 2.72. The quantitative estimate of drug-likeness (QED) is 0.751. The van der Waals surface area contributed by atoms with Crippen molar-refractivity contribution in [3.63, 3.8) is 0 Å². The summed E-state index contributed by atoms with van der Waals surface area (Å²) < 4.78 is 0. The number of nitrogens with one attached hydrogen (secondary N) is 1. The van der Waals surface area contributed by atoms with E-state index in [1.54, 1.807) is 0 Å². The van der Waals surface area contributed by atoms with Crippen LogP contribution < -0.4 is 5.32 Å². The van der Waals surface area contributed by atoms with Crippen LogP contribution >= 0.6 is 11.8 Å². The molecule has 1 fully saturated rings. The molecular weight excluding hydrogens is 192 g/mol. The Bertz CT molecular complexity index is 272. The number of nitrogens with zero attached hydrogens (tertiary/aromatic N) is 1. The van der Waals surface area contributed by atoms with Gasteiger partial charge >= 0.3 is 0 Å². The van der Waals surface area contributed by atoms with E-state index in [0.717, 1.165) is 5.92 Å². The molecule has 2 nitrogen and oxygen atoms in total. The Kier molecular flexibility index (Phi) is 3.43. The van der Waals surface area contributed by atoms with Crippen LogP contribution in [0.3, 0.4) is 0 Å². The lowest BCUT2D eigenvalue weighted by atomic mass is 10.2. The van der Waals surface area contributed by atoms with E-state index in [2.05, 4.69) is 29.5 Å². The van der Waals surface area contributed by atoms with Gasteiger partial charge in [0.05, 0.1) is 0 Å². The minimum atomic E-state index is 0.688. The lowest BCUT2D eigenvalue weighted by molar-refractivity contribution is 0.554. The molecule has 0 amide bonds. The Hall–Kier alpha value is -0.540. The van der Waals surface area contributed by atoms with Crippen molar-refractivity contribution in [1.82, 2.24) is 10.3 Å². The highest BCUT2D eigenvalue weighted by molar-refractivity contribution is 7.99. The van der Waals surface area contributed by atoms with Gasteiger partial charge < -0.3 is 5.32 Å². The van der Waals surface area contributed by atoms with E-state index in [1.807, 2.05) is 24.2 Å². The van der Waals surface area contributed by atoms with Gasteiger partial charge in [-0.05, 0) is 37.9 Å². The first-order chi connectivity index (χ1) is 6.90. The van der Waals surface area contributed by atoms with Gasteiger partial charge in [0.1, 0.15) is 0 Å². The van der Waals surface area contributed by atoms with Crippen molar-refractivity contribution in [2.75, 3.05) is 12.8 Å². The number of aromatic nitrogens is 1. The summed E-state index contributed by atoms with van der Waals surface area (Å²) in [6, 6.07) is 4.84. The maximum atomic E-state index is 4.01. The predicted octanol–water partition coefficient (Wildman–Crippen LogP) is 2.17. The van der Waals surface area contributed by atoms with Crippen LogP contribution in [0.4, 0.5) is 0 Å². The molecule has 0 aliphatic heterocycles. The van der Waals surface area contributed by atoms with E-state index in [4.69, 9.17) is 0 Å². The number of rotatable bonds is 5. The second-order valence-corrected chi connectivity index (χ2v) is 4.82. The van der Waals surface area contributed by atoms with Crippen molar-refractivity contribution in [2.45, 2.75) is 23.8 Å². The minimum Gasteiger partial charge on any atom is -0.316 e. The molecule has 1 aromatic rings. The zero-order chi connectivity index (χ0) is 9.80. The van der Waals surface area contributed by atoms with Crippen LogP contribution in [0, 0.1) is 5.92 Å². The maximum absolute atomic E-state index is 4.01. The standard InChI is InChI=1S/C11H16N2S/c1-12-11(9-2-3-9)8-14-10-4-6-13-7-5-10/h4-7,9,11-12H,2-3,8H2,1H3. The summed E-state index contributed by atoms with van der Waals surface area (Å²) in [6.45, 7) is 0. The van der Waals surface area contributed by atoms with E-state index in [0.29, 0.717) is 6.04 Å². The molecule has 14 heavy (non-hydrogen) atoms. The zero-order valence-electron chi connectivity index (χ0n) is 8.44.